The van der Waals surface area contributed by atoms with Crippen LogP contribution in [-0.2, 0) is 4.79 Å². The maximum Gasteiger partial charge on any atom is 0.251 e. The lowest BCUT2D eigenvalue weighted by molar-refractivity contribution is -0.130. The van der Waals surface area contributed by atoms with Gasteiger partial charge in [0.2, 0.25) is 0 Å². The molecule has 16 heavy (non-hydrogen) atoms. The highest BCUT2D eigenvalue weighted by molar-refractivity contribution is 6.15. The van der Waals surface area contributed by atoms with Gasteiger partial charge in [-0.05, 0) is 25.1 Å². The van der Waals surface area contributed by atoms with Gasteiger partial charge in [-0.25, -0.2) is 5.01 Å². The minimum absolute atomic E-state index is 0.00398. The van der Waals surface area contributed by atoms with Crippen molar-refractivity contribution in [2.75, 3.05) is 13.6 Å². The topological polar surface area (TPSA) is 71.6 Å². The Morgan fingerprint density at radius 2 is 2.38 bits per heavy atom. The molecule has 5 nitrogen and oxygen atoms in total. The van der Waals surface area contributed by atoms with Crippen molar-refractivity contribution in [1.29, 1.82) is 0 Å². The second-order valence-electron chi connectivity index (χ2n) is 3.72. The van der Waals surface area contributed by atoms with E-state index in [9.17, 15) is 4.79 Å². The summed E-state index contributed by atoms with van der Waals surface area (Å²) in [6.45, 7) is 0.476. The Labute approximate surface area is 94.0 Å². The summed E-state index contributed by atoms with van der Waals surface area (Å²) in [5, 5.41) is 5.62. The molecule has 0 spiro atoms. The van der Waals surface area contributed by atoms with Gasteiger partial charge >= 0.3 is 0 Å². The Hall–Kier alpha value is -1.75. The van der Waals surface area contributed by atoms with E-state index < -0.39 is 0 Å². The van der Waals surface area contributed by atoms with E-state index in [0.29, 0.717) is 13.0 Å². The molecule has 0 fully saturated rings. The zero-order chi connectivity index (χ0) is 11.5. The maximum atomic E-state index is 11.8. The molecule has 1 unspecified atom stereocenters. The molecule has 0 aromatic carbocycles. The molecule has 1 aliphatic rings. The maximum absolute atomic E-state index is 11.8. The van der Waals surface area contributed by atoms with E-state index in [1.165, 1.54) is 5.01 Å². The summed E-state index contributed by atoms with van der Waals surface area (Å²) in [6.07, 6.45) is 4.04. The Balaban J connectivity index is 2.32. The summed E-state index contributed by atoms with van der Waals surface area (Å²) in [6, 6.07) is 3.74. The van der Waals surface area contributed by atoms with Crippen molar-refractivity contribution in [2.45, 2.75) is 6.42 Å². The number of hydrogen-bond acceptors (Lipinski definition) is 4. The first kappa shape index (κ1) is 10.8. The van der Waals surface area contributed by atoms with Gasteiger partial charge in [0, 0.05) is 25.0 Å². The fourth-order valence-corrected chi connectivity index (χ4v) is 1.82. The van der Waals surface area contributed by atoms with Crippen molar-refractivity contribution >= 4 is 11.6 Å². The number of carbonyl (C=O) groups is 1. The van der Waals surface area contributed by atoms with Crippen LogP contribution in [-0.4, -0.2) is 35.2 Å². The normalized spacial score (nSPS) is 20.1. The molecule has 2 rings (SSSR count). The van der Waals surface area contributed by atoms with Crippen molar-refractivity contribution in [2.24, 2.45) is 16.8 Å². The highest BCUT2D eigenvalue weighted by atomic mass is 16.2. The molecule has 2 heterocycles. The smallest absolute Gasteiger partial charge is 0.251 e. The van der Waals surface area contributed by atoms with E-state index in [0.717, 1.165) is 11.3 Å². The molecule has 1 amide bonds. The molecule has 0 saturated carbocycles. The van der Waals surface area contributed by atoms with Gasteiger partial charge < -0.3 is 5.73 Å². The predicted molar refractivity (Wildman–Crippen MR) is 60.7 cm³/mol. The number of nitrogens with zero attached hydrogens (tertiary/aromatic N) is 3. The van der Waals surface area contributed by atoms with Gasteiger partial charge in [-0.3, -0.25) is 9.78 Å². The molecule has 0 saturated heterocycles. The van der Waals surface area contributed by atoms with Gasteiger partial charge in [-0.15, -0.1) is 0 Å². The van der Waals surface area contributed by atoms with Crippen LogP contribution in [0, 0.1) is 5.92 Å². The molecule has 0 bridgehead atoms. The second-order valence-corrected chi connectivity index (χ2v) is 3.72. The predicted octanol–water partition coefficient (Wildman–Crippen LogP) is 0.223. The first-order valence-corrected chi connectivity index (χ1v) is 5.20. The quantitative estimate of drug-likeness (QED) is 0.789. The third-order valence-electron chi connectivity index (χ3n) is 2.62. The van der Waals surface area contributed by atoms with Crippen molar-refractivity contribution in [3.8, 4) is 0 Å². The molecule has 0 aliphatic carbocycles. The summed E-state index contributed by atoms with van der Waals surface area (Å²) >= 11 is 0. The molecule has 1 atom stereocenters. The van der Waals surface area contributed by atoms with E-state index >= 15 is 0 Å². The van der Waals surface area contributed by atoms with E-state index in [1.807, 2.05) is 12.1 Å². The molecule has 5 heteroatoms. The van der Waals surface area contributed by atoms with Crippen LogP contribution in [0.15, 0.2) is 29.6 Å². The van der Waals surface area contributed by atoms with Crippen LogP contribution in [0.3, 0.4) is 0 Å². The number of aromatic nitrogens is 1. The van der Waals surface area contributed by atoms with Crippen LogP contribution in [0.25, 0.3) is 0 Å². The summed E-state index contributed by atoms with van der Waals surface area (Å²) in [4.78, 5) is 15.8. The average molecular weight is 218 g/mol. The zero-order valence-corrected chi connectivity index (χ0v) is 9.13. The van der Waals surface area contributed by atoms with E-state index in [2.05, 4.69) is 10.1 Å². The first-order valence-electron chi connectivity index (χ1n) is 5.20. The van der Waals surface area contributed by atoms with Crippen molar-refractivity contribution in [1.82, 2.24) is 9.99 Å². The zero-order valence-electron chi connectivity index (χ0n) is 9.13. The fourth-order valence-electron chi connectivity index (χ4n) is 1.82. The molecular formula is C11H14N4O. The molecule has 2 N–H and O–H groups in total. The van der Waals surface area contributed by atoms with Crippen molar-refractivity contribution < 1.29 is 4.79 Å². The van der Waals surface area contributed by atoms with E-state index in [-0.39, 0.29) is 11.8 Å². The van der Waals surface area contributed by atoms with E-state index in [4.69, 9.17) is 5.73 Å². The third kappa shape index (κ3) is 1.81. The summed E-state index contributed by atoms with van der Waals surface area (Å²) in [5.41, 5.74) is 7.17. The Morgan fingerprint density at radius 3 is 3.00 bits per heavy atom. The monoisotopic (exact) mass is 218 g/mol. The number of nitrogens with two attached hydrogens (primary N) is 1. The number of rotatable bonds is 3. The largest absolute Gasteiger partial charge is 0.330 e. The molecular weight excluding hydrogens is 204 g/mol. The molecule has 1 aromatic heterocycles. The van der Waals surface area contributed by atoms with Crippen LogP contribution in [0.1, 0.15) is 12.0 Å². The standard InChI is InChI=1S/C11H14N4O/c1-15-11(16)9(4-5-12)10(14-15)8-3-2-6-13-7-8/h2-3,6-7,9H,4-5,12H2,1H3. The lowest BCUT2D eigenvalue weighted by Gasteiger charge is -2.09. The Bertz CT molecular complexity index is 415. The second kappa shape index (κ2) is 4.40. The van der Waals surface area contributed by atoms with E-state index in [1.54, 1.807) is 19.4 Å². The van der Waals surface area contributed by atoms with Crippen LogP contribution in [0.4, 0.5) is 0 Å². The van der Waals surface area contributed by atoms with Gasteiger partial charge in [0.05, 0.1) is 11.6 Å². The Kier molecular flexibility index (Phi) is 2.96. The third-order valence-corrected chi connectivity index (χ3v) is 2.62. The lowest BCUT2D eigenvalue weighted by atomic mass is 9.95. The van der Waals surface area contributed by atoms with Gasteiger partial charge in [0.1, 0.15) is 0 Å². The van der Waals surface area contributed by atoms with Crippen molar-refractivity contribution in [3.63, 3.8) is 0 Å². The number of hydrazone groups is 1. The molecule has 1 aromatic rings. The highest BCUT2D eigenvalue weighted by Gasteiger charge is 2.33. The summed E-state index contributed by atoms with van der Waals surface area (Å²) in [5.74, 6) is -0.219. The lowest BCUT2D eigenvalue weighted by Crippen LogP contribution is -2.27. The van der Waals surface area contributed by atoms with Gasteiger partial charge in [-0.1, -0.05) is 0 Å². The number of amides is 1. The van der Waals surface area contributed by atoms with Gasteiger partial charge in [-0.2, -0.15) is 5.10 Å². The Morgan fingerprint density at radius 1 is 1.56 bits per heavy atom. The van der Waals surface area contributed by atoms with Crippen LogP contribution in [0.2, 0.25) is 0 Å². The molecule has 0 radical (unpaired) electrons. The minimum atomic E-state index is -0.223. The van der Waals surface area contributed by atoms with Crippen molar-refractivity contribution in [3.05, 3.63) is 30.1 Å². The van der Waals surface area contributed by atoms with Crippen LogP contribution in [0.5, 0.6) is 0 Å². The average Bonchev–Trinajstić information content (AvgIpc) is 2.59. The summed E-state index contributed by atoms with van der Waals surface area (Å²) < 4.78 is 0. The van der Waals surface area contributed by atoms with Crippen LogP contribution >= 0.6 is 0 Å². The first-order chi connectivity index (χ1) is 7.74. The molecule has 1 aliphatic heterocycles. The van der Waals surface area contributed by atoms with Crippen LogP contribution < -0.4 is 5.73 Å². The fraction of sp³-hybridized carbons (Fsp3) is 0.364. The van der Waals surface area contributed by atoms with Gasteiger partial charge in [0.25, 0.3) is 5.91 Å². The minimum Gasteiger partial charge on any atom is -0.330 e. The number of hydrogen-bond donors (Lipinski definition) is 1. The number of carbonyl (C=O) groups excluding carboxylic acids is 1. The SMILES string of the molecule is CN1N=C(c2cccnc2)C(CCN)C1=O. The number of pyridine rings is 1. The summed E-state index contributed by atoms with van der Waals surface area (Å²) in [7, 11) is 1.66. The molecule has 84 valence electrons. The highest BCUT2D eigenvalue weighted by Crippen LogP contribution is 2.21. The van der Waals surface area contributed by atoms with Gasteiger partial charge in [0.15, 0.2) is 0 Å².